The molecule has 0 aliphatic carbocycles. The van der Waals surface area contributed by atoms with E-state index in [-0.39, 0.29) is 5.41 Å². The Morgan fingerprint density at radius 3 is 2.47 bits per heavy atom. The van der Waals surface area contributed by atoms with E-state index in [4.69, 9.17) is 5.73 Å². The highest BCUT2D eigenvalue weighted by atomic mass is 15.1. The lowest BCUT2D eigenvalue weighted by Gasteiger charge is -2.31. The van der Waals surface area contributed by atoms with Crippen molar-refractivity contribution in [2.75, 3.05) is 26.2 Å². The van der Waals surface area contributed by atoms with Crippen LogP contribution in [-0.4, -0.2) is 36.1 Å². The number of rotatable bonds is 7. The Hall–Kier alpha value is -0.930. The molecule has 0 radical (unpaired) electrons. The third-order valence-electron chi connectivity index (χ3n) is 3.12. The molecule has 1 aromatic rings. The van der Waals surface area contributed by atoms with E-state index in [1.807, 2.05) is 12.4 Å². The predicted octanol–water partition coefficient (Wildman–Crippen LogP) is 1.93. The van der Waals surface area contributed by atoms with Gasteiger partial charge in [-0.15, -0.1) is 0 Å². The molecular weight excluding hydrogens is 210 g/mol. The number of nitrogens with zero attached hydrogens (tertiary/aromatic N) is 2. The smallest absolute Gasteiger partial charge is 0.0270 e. The fourth-order valence-corrected chi connectivity index (χ4v) is 1.86. The molecule has 0 aliphatic heterocycles. The molecule has 0 bridgehead atoms. The lowest BCUT2D eigenvalue weighted by Crippen LogP contribution is -2.39. The molecule has 1 aromatic heterocycles. The van der Waals surface area contributed by atoms with Crippen molar-refractivity contribution in [3.8, 4) is 0 Å². The molecule has 0 aromatic carbocycles. The summed E-state index contributed by atoms with van der Waals surface area (Å²) >= 11 is 0. The van der Waals surface area contributed by atoms with Crippen molar-refractivity contribution in [3.05, 3.63) is 30.1 Å². The van der Waals surface area contributed by atoms with Gasteiger partial charge in [0.25, 0.3) is 0 Å². The quantitative estimate of drug-likeness (QED) is 0.785. The first-order valence-electron chi connectivity index (χ1n) is 6.39. The van der Waals surface area contributed by atoms with Crippen molar-refractivity contribution in [3.63, 3.8) is 0 Å². The number of hydrogen-bond donors (Lipinski definition) is 1. The van der Waals surface area contributed by atoms with Crippen LogP contribution in [0.1, 0.15) is 26.3 Å². The molecule has 3 nitrogen and oxygen atoms in total. The first kappa shape index (κ1) is 14.1. The van der Waals surface area contributed by atoms with Crippen molar-refractivity contribution in [1.29, 1.82) is 0 Å². The predicted molar refractivity (Wildman–Crippen MR) is 72.9 cm³/mol. The van der Waals surface area contributed by atoms with Gasteiger partial charge in [0.15, 0.2) is 0 Å². The zero-order valence-electron chi connectivity index (χ0n) is 11.3. The van der Waals surface area contributed by atoms with Gasteiger partial charge in [-0.3, -0.25) is 4.98 Å². The first-order valence-corrected chi connectivity index (χ1v) is 6.39. The summed E-state index contributed by atoms with van der Waals surface area (Å²) in [6.07, 6.45) is 4.79. The summed E-state index contributed by atoms with van der Waals surface area (Å²) in [6, 6.07) is 4.17. The molecule has 0 saturated heterocycles. The summed E-state index contributed by atoms with van der Waals surface area (Å²) in [5.74, 6) is 0. The maximum atomic E-state index is 5.78. The highest BCUT2D eigenvalue weighted by Crippen LogP contribution is 2.15. The summed E-state index contributed by atoms with van der Waals surface area (Å²) in [6.45, 7) is 10.6. The Bertz CT molecular complexity index is 309. The molecule has 0 atom stereocenters. The van der Waals surface area contributed by atoms with Crippen LogP contribution < -0.4 is 5.73 Å². The third kappa shape index (κ3) is 5.29. The zero-order valence-corrected chi connectivity index (χ0v) is 11.3. The van der Waals surface area contributed by atoms with E-state index in [9.17, 15) is 0 Å². The Kier molecular flexibility index (Phi) is 5.59. The van der Waals surface area contributed by atoms with Crippen molar-refractivity contribution >= 4 is 0 Å². The molecule has 0 unspecified atom stereocenters. The topological polar surface area (TPSA) is 42.2 Å². The molecule has 0 spiro atoms. The van der Waals surface area contributed by atoms with Crippen LogP contribution in [0.5, 0.6) is 0 Å². The van der Waals surface area contributed by atoms with Crippen LogP contribution in [-0.2, 0) is 6.42 Å². The number of hydrogen-bond acceptors (Lipinski definition) is 3. The van der Waals surface area contributed by atoms with Gasteiger partial charge in [-0.25, -0.2) is 0 Å². The Morgan fingerprint density at radius 1 is 1.29 bits per heavy atom. The van der Waals surface area contributed by atoms with Crippen LogP contribution in [0.2, 0.25) is 0 Å². The lowest BCUT2D eigenvalue weighted by atomic mass is 9.93. The monoisotopic (exact) mass is 235 g/mol. The highest BCUT2D eigenvalue weighted by molar-refractivity contribution is 5.09. The normalized spacial score (nSPS) is 12.1. The average molecular weight is 235 g/mol. The van der Waals surface area contributed by atoms with Crippen LogP contribution >= 0.6 is 0 Å². The Morgan fingerprint density at radius 2 is 1.94 bits per heavy atom. The first-order chi connectivity index (χ1) is 8.07. The van der Waals surface area contributed by atoms with Crippen molar-refractivity contribution in [2.45, 2.75) is 27.2 Å². The summed E-state index contributed by atoms with van der Waals surface area (Å²) in [4.78, 5) is 6.50. The van der Waals surface area contributed by atoms with Crippen molar-refractivity contribution in [1.82, 2.24) is 9.88 Å². The minimum atomic E-state index is 0.203. The largest absolute Gasteiger partial charge is 0.330 e. The van der Waals surface area contributed by atoms with Crippen LogP contribution in [0.15, 0.2) is 24.5 Å². The molecule has 0 amide bonds. The van der Waals surface area contributed by atoms with Gasteiger partial charge < -0.3 is 10.6 Å². The molecule has 0 aliphatic rings. The van der Waals surface area contributed by atoms with Gasteiger partial charge in [0.2, 0.25) is 0 Å². The second-order valence-electron chi connectivity index (χ2n) is 5.34. The van der Waals surface area contributed by atoms with Gasteiger partial charge in [0.1, 0.15) is 0 Å². The molecule has 17 heavy (non-hydrogen) atoms. The van der Waals surface area contributed by atoms with E-state index in [0.29, 0.717) is 0 Å². The van der Waals surface area contributed by atoms with Gasteiger partial charge in [-0.05, 0) is 42.6 Å². The zero-order chi connectivity index (χ0) is 12.7. The maximum Gasteiger partial charge on any atom is 0.0270 e. The number of nitrogens with two attached hydrogens (primary N) is 1. The minimum absolute atomic E-state index is 0.203. The van der Waals surface area contributed by atoms with Crippen LogP contribution in [0.25, 0.3) is 0 Å². The van der Waals surface area contributed by atoms with E-state index in [1.54, 1.807) is 0 Å². The Balaban J connectivity index is 2.43. The molecule has 0 fully saturated rings. The number of pyridine rings is 1. The molecule has 96 valence electrons. The number of aromatic nitrogens is 1. The average Bonchev–Trinajstić information content (AvgIpc) is 2.35. The summed E-state index contributed by atoms with van der Waals surface area (Å²) in [7, 11) is 0. The molecule has 3 heteroatoms. The SMILES string of the molecule is CCN(CCc1ccncc1)CC(C)(C)CN. The van der Waals surface area contributed by atoms with Crippen LogP contribution in [0.4, 0.5) is 0 Å². The molecular formula is C14H25N3. The van der Waals surface area contributed by atoms with E-state index in [0.717, 1.165) is 32.6 Å². The van der Waals surface area contributed by atoms with Crippen molar-refractivity contribution < 1.29 is 0 Å². The van der Waals surface area contributed by atoms with Gasteiger partial charge in [0.05, 0.1) is 0 Å². The van der Waals surface area contributed by atoms with Crippen molar-refractivity contribution in [2.24, 2.45) is 11.1 Å². The standard InChI is InChI=1S/C14H25N3/c1-4-17(12-14(2,3)11-15)10-7-13-5-8-16-9-6-13/h5-6,8-9H,4,7,10-12,15H2,1-3H3. The lowest BCUT2D eigenvalue weighted by molar-refractivity contribution is 0.192. The van der Waals surface area contributed by atoms with Gasteiger partial charge in [-0.1, -0.05) is 20.8 Å². The minimum Gasteiger partial charge on any atom is -0.330 e. The fraction of sp³-hybridized carbons (Fsp3) is 0.643. The Labute approximate surface area is 105 Å². The van der Waals surface area contributed by atoms with Crippen LogP contribution in [0.3, 0.4) is 0 Å². The second-order valence-corrected chi connectivity index (χ2v) is 5.34. The maximum absolute atomic E-state index is 5.78. The van der Waals surface area contributed by atoms with E-state index in [1.165, 1.54) is 5.56 Å². The molecule has 1 rings (SSSR count). The second kappa shape index (κ2) is 6.72. The van der Waals surface area contributed by atoms with Gasteiger partial charge in [0, 0.05) is 25.5 Å². The molecule has 1 heterocycles. The summed E-state index contributed by atoms with van der Waals surface area (Å²) in [5.41, 5.74) is 7.34. The summed E-state index contributed by atoms with van der Waals surface area (Å²) < 4.78 is 0. The fourth-order valence-electron chi connectivity index (χ4n) is 1.86. The van der Waals surface area contributed by atoms with E-state index < -0.39 is 0 Å². The van der Waals surface area contributed by atoms with Gasteiger partial charge >= 0.3 is 0 Å². The molecule has 0 saturated carbocycles. The van der Waals surface area contributed by atoms with Gasteiger partial charge in [-0.2, -0.15) is 0 Å². The number of likely N-dealkylation sites (N-methyl/N-ethyl adjacent to an activating group) is 1. The highest BCUT2D eigenvalue weighted by Gasteiger charge is 2.18. The van der Waals surface area contributed by atoms with E-state index in [2.05, 4.69) is 42.8 Å². The van der Waals surface area contributed by atoms with Crippen LogP contribution in [0, 0.1) is 5.41 Å². The molecule has 2 N–H and O–H groups in total. The van der Waals surface area contributed by atoms with E-state index >= 15 is 0 Å². The summed E-state index contributed by atoms with van der Waals surface area (Å²) in [5, 5.41) is 0. The third-order valence-corrected chi connectivity index (χ3v) is 3.12.